The van der Waals surface area contributed by atoms with E-state index in [1.807, 2.05) is 0 Å². The highest BCUT2D eigenvalue weighted by molar-refractivity contribution is 7.59. The van der Waals surface area contributed by atoms with Crippen molar-refractivity contribution in [2.45, 2.75) is 31.3 Å². The average molecular weight is 310 g/mol. The van der Waals surface area contributed by atoms with E-state index >= 15 is 0 Å². The van der Waals surface area contributed by atoms with Gasteiger partial charge < -0.3 is 0 Å². The fourth-order valence-electron chi connectivity index (χ4n) is 2.06. The Morgan fingerprint density at radius 3 is 2.35 bits per heavy atom. The molecule has 0 radical (unpaired) electrons. The van der Waals surface area contributed by atoms with Crippen molar-refractivity contribution in [3.8, 4) is 0 Å². The van der Waals surface area contributed by atoms with E-state index in [9.17, 15) is 4.79 Å². The number of rotatable bonds is 3. The number of carbonyl (C=O) groups excluding carboxylic acids is 1. The van der Waals surface area contributed by atoms with E-state index in [1.54, 1.807) is 12.1 Å². The first-order valence-electron chi connectivity index (χ1n) is 5.54. The Hall–Kier alpha value is 0.190. The maximum atomic E-state index is 12.2. The third-order valence-corrected chi connectivity index (χ3v) is 5.58. The Morgan fingerprint density at radius 2 is 1.71 bits per heavy atom. The second kappa shape index (κ2) is 5.89. The van der Waals surface area contributed by atoms with E-state index in [0.29, 0.717) is 21.3 Å². The summed E-state index contributed by atoms with van der Waals surface area (Å²) in [5.41, 5.74) is 0.939. The fraction of sp³-hybridized carbons (Fsp3) is 0.417. The lowest BCUT2D eigenvalue weighted by Gasteiger charge is -2.11. The number of carbonyl (C=O) groups is 1. The Morgan fingerprint density at radius 1 is 1.12 bits per heavy atom. The number of hydrogen-bond donors (Lipinski definition) is 0. The van der Waals surface area contributed by atoms with Gasteiger partial charge >= 0.3 is 0 Å². The number of benzene rings is 1. The van der Waals surface area contributed by atoms with Crippen LogP contribution < -0.4 is 0 Å². The Bertz CT molecular complexity index is 442. The number of halogens is 3. The smallest absolute Gasteiger partial charge is 0.184 e. The molecular formula is C12H12Cl3OP. The molecule has 0 saturated heterocycles. The van der Waals surface area contributed by atoms with E-state index in [1.165, 1.54) is 12.8 Å². The van der Waals surface area contributed by atoms with Crippen LogP contribution in [0.4, 0.5) is 0 Å². The first kappa shape index (κ1) is 13.6. The molecule has 92 valence electrons. The summed E-state index contributed by atoms with van der Waals surface area (Å²) in [6.45, 7) is 0. The molecule has 0 aliphatic heterocycles. The summed E-state index contributed by atoms with van der Waals surface area (Å²) in [6.07, 6.45) is 4.73. The van der Waals surface area contributed by atoms with Crippen LogP contribution in [0, 0.1) is 0 Å². The van der Waals surface area contributed by atoms with Crippen molar-refractivity contribution in [1.82, 2.24) is 0 Å². The normalized spacial score (nSPS) is 17.1. The van der Waals surface area contributed by atoms with Gasteiger partial charge in [0.15, 0.2) is 5.52 Å². The highest BCUT2D eigenvalue weighted by Crippen LogP contribution is 2.41. The first-order chi connectivity index (χ1) is 8.09. The first-order valence-corrected chi connectivity index (χ1v) is 7.75. The van der Waals surface area contributed by atoms with Gasteiger partial charge in [-0.05, 0) is 39.2 Å². The number of hydrogen-bond acceptors (Lipinski definition) is 1. The molecule has 0 bridgehead atoms. The summed E-state index contributed by atoms with van der Waals surface area (Å²) in [5, 5.41) is 1.07. The minimum atomic E-state index is 0.0365. The molecule has 5 heteroatoms. The Balaban J connectivity index is 2.21. The van der Waals surface area contributed by atoms with Crippen LogP contribution in [0.15, 0.2) is 12.1 Å². The quantitative estimate of drug-likeness (QED) is 0.539. The molecule has 1 unspecified atom stereocenters. The third kappa shape index (κ3) is 3.15. The van der Waals surface area contributed by atoms with E-state index in [0.717, 1.165) is 12.8 Å². The van der Waals surface area contributed by atoms with E-state index in [4.69, 9.17) is 34.8 Å². The molecule has 1 atom stereocenters. The lowest BCUT2D eigenvalue weighted by atomic mass is 10.2. The lowest BCUT2D eigenvalue weighted by Crippen LogP contribution is -2.01. The molecule has 0 N–H and O–H groups in total. The van der Waals surface area contributed by atoms with E-state index in [-0.39, 0.29) is 19.1 Å². The van der Waals surface area contributed by atoms with Crippen molar-refractivity contribution in [2.24, 2.45) is 0 Å². The molecule has 1 saturated carbocycles. The van der Waals surface area contributed by atoms with Crippen LogP contribution in [-0.2, 0) is 0 Å². The van der Waals surface area contributed by atoms with Crippen LogP contribution in [0.2, 0.25) is 15.1 Å². The summed E-state index contributed by atoms with van der Waals surface area (Å²) < 4.78 is 0. The monoisotopic (exact) mass is 308 g/mol. The van der Waals surface area contributed by atoms with Crippen molar-refractivity contribution < 1.29 is 4.79 Å². The van der Waals surface area contributed by atoms with Crippen molar-refractivity contribution in [3.05, 3.63) is 32.8 Å². The van der Waals surface area contributed by atoms with Gasteiger partial charge in [0.25, 0.3) is 0 Å². The largest absolute Gasteiger partial charge is 0.289 e. The lowest BCUT2D eigenvalue weighted by molar-refractivity contribution is 0.108. The second-order valence-electron chi connectivity index (χ2n) is 4.17. The van der Waals surface area contributed by atoms with Crippen LogP contribution in [0.5, 0.6) is 0 Å². The zero-order chi connectivity index (χ0) is 12.4. The van der Waals surface area contributed by atoms with E-state index in [2.05, 4.69) is 0 Å². The fourth-order valence-corrected chi connectivity index (χ4v) is 4.39. The maximum absolute atomic E-state index is 12.2. The predicted molar refractivity (Wildman–Crippen MR) is 76.4 cm³/mol. The highest BCUT2D eigenvalue weighted by atomic mass is 35.5. The molecule has 1 nitrogen and oxygen atoms in total. The van der Waals surface area contributed by atoms with Gasteiger partial charge in [-0.3, -0.25) is 4.79 Å². The minimum Gasteiger partial charge on any atom is -0.289 e. The topological polar surface area (TPSA) is 17.1 Å². The SMILES string of the molecule is O=C(PC1CCCC1)c1c(Cl)ccc(Cl)c1Cl. The van der Waals surface area contributed by atoms with Gasteiger partial charge in [0.2, 0.25) is 0 Å². The predicted octanol–water partition coefficient (Wildman–Crippen LogP) is 5.41. The maximum Gasteiger partial charge on any atom is 0.184 e. The minimum absolute atomic E-state index is 0.0365. The van der Waals surface area contributed by atoms with Crippen LogP contribution in [0.25, 0.3) is 0 Å². The standard InChI is InChI=1S/C12H12Cl3OP/c13-8-5-6-9(14)11(15)10(8)12(16)17-7-3-1-2-4-7/h5-7,17H,1-4H2. The Labute approximate surface area is 118 Å². The van der Waals surface area contributed by atoms with Crippen molar-refractivity contribution in [2.75, 3.05) is 0 Å². The summed E-state index contributed by atoms with van der Waals surface area (Å²) >= 11 is 18.0. The molecule has 17 heavy (non-hydrogen) atoms. The van der Waals surface area contributed by atoms with Crippen molar-refractivity contribution >= 4 is 48.9 Å². The van der Waals surface area contributed by atoms with Crippen LogP contribution in [0.3, 0.4) is 0 Å². The average Bonchev–Trinajstić information content (AvgIpc) is 2.77. The molecule has 0 heterocycles. The van der Waals surface area contributed by atoms with Crippen LogP contribution >= 0.6 is 43.4 Å². The molecule has 2 rings (SSSR count). The van der Waals surface area contributed by atoms with E-state index < -0.39 is 0 Å². The van der Waals surface area contributed by atoms with Gasteiger partial charge in [0, 0.05) is 0 Å². The summed E-state index contributed by atoms with van der Waals surface area (Å²) in [6, 6.07) is 3.24. The van der Waals surface area contributed by atoms with Crippen molar-refractivity contribution in [1.29, 1.82) is 0 Å². The van der Waals surface area contributed by atoms with Gasteiger partial charge in [-0.1, -0.05) is 47.6 Å². The highest BCUT2D eigenvalue weighted by Gasteiger charge is 2.23. The van der Waals surface area contributed by atoms with Crippen molar-refractivity contribution in [3.63, 3.8) is 0 Å². The van der Waals surface area contributed by atoms with Crippen LogP contribution in [-0.4, -0.2) is 11.2 Å². The molecule has 0 aromatic heterocycles. The second-order valence-corrected chi connectivity index (χ2v) is 6.92. The zero-order valence-electron chi connectivity index (χ0n) is 9.10. The third-order valence-electron chi connectivity index (χ3n) is 2.96. The zero-order valence-corrected chi connectivity index (χ0v) is 12.4. The molecule has 1 aliphatic carbocycles. The molecule has 0 spiro atoms. The Kier molecular flexibility index (Phi) is 4.72. The van der Waals surface area contributed by atoms with Gasteiger partial charge in [-0.25, -0.2) is 0 Å². The summed E-state index contributed by atoms with van der Waals surface area (Å²) in [5.74, 6) is 0. The molecule has 0 amide bonds. The molecule has 1 aliphatic rings. The molecule has 1 aromatic rings. The van der Waals surface area contributed by atoms with Crippen LogP contribution in [0.1, 0.15) is 36.0 Å². The van der Waals surface area contributed by atoms with Gasteiger partial charge in [0.05, 0.1) is 20.6 Å². The summed E-state index contributed by atoms with van der Waals surface area (Å²) in [7, 11) is 0.260. The summed E-state index contributed by atoms with van der Waals surface area (Å²) in [4.78, 5) is 12.2. The van der Waals surface area contributed by atoms with Gasteiger partial charge in [-0.2, -0.15) is 0 Å². The molecular weight excluding hydrogens is 297 g/mol. The van der Waals surface area contributed by atoms with Gasteiger partial charge in [-0.15, -0.1) is 0 Å². The molecule has 1 aromatic carbocycles. The molecule has 1 fully saturated rings. The van der Waals surface area contributed by atoms with Gasteiger partial charge in [0.1, 0.15) is 0 Å².